The van der Waals surface area contributed by atoms with Crippen LogP contribution in [0.5, 0.6) is 0 Å². The van der Waals surface area contributed by atoms with Gasteiger partial charge in [-0.25, -0.2) is 8.78 Å². The lowest BCUT2D eigenvalue weighted by Crippen LogP contribution is -2.15. The van der Waals surface area contributed by atoms with E-state index in [1.54, 1.807) is 18.2 Å². The molecule has 2 aromatic carbocycles. The highest BCUT2D eigenvalue weighted by molar-refractivity contribution is 5.70. The fourth-order valence-electron chi connectivity index (χ4n) is 5.31. The van der Waals surface area contributed by atoms with Crippen molar-refractivity contribution >= 4 is 6.08 Å². The Bertz CT molecular complexity index is 870. The minimum Gasteiger partial charge on any atom is -0.207 e. The third-order valence-corrected chi connectivity index (χ3v) is 7.27. The molecule has 160 valence electrons. The number of allylic oxidation sites excluding steroid dienone is 1. The Hall–Kier alpha value is -1.96. The molecule has 0 radical (unpaired) electrons. The molecule has 2 heteroatoms. The molecular weight excluding hydrogens is 374 g/mol. The van der Waals surface area contributed by atoms with Gasteiger partial charge in [-0.15, -0.1) is 0 Å². The van der Waals surface area contributed by atoms with Gasteiger partial charge >= 0.3 is 0 Å². The number of hydrogen-bond donors (Lipinski definition) is 0. The van der Waals surface area contributed by atoms with Crippen molar-refractivity contribution in [3.05, 3.63) is 64.7 Å². The van der Waals surface area contributed by atoms with Crippen LogP contribution in [-0.4, -0.2) is 0 Å². The first-order chi connectivity index (χ1) is 14.6. The average molecular weight is 409 g/mol. The molecule has 0 spiro atoms. The number of unbranched alkanes of at least 4 members (excludes halogenated alkanes) is 1. The van der Waals surface area contributed by atoms with Gasteiger partial charge in [-0.3, -0.25) is 0 Å². The third-order valence-electron chi connectivity index (χ3n) is 7.27. The van der Waals surface area contributed by atoms with E-state index in [4.69, 9.17) is 0 Å². The smallest absolute Gasteiger partial charge is 0.131 e. The summed E-state index contributed by atoms with van der Waals surface area (Å²) in [6.45, 7) is 2.29. The SMILES string of the molecule is CCCCC1CCC(CCC2=Cc3cc(F)c(-c4ccc(F)cc4)cc3CC2)CC1. The van der Waals surface area contributed by atoms with Crippen LogP contribution in [0.15, 0.2) is 42.0 Å². The summed E-state index contributed by atoms with van der Waals surface area (Å²) in [5.41, 5.74) is 5.02. The highest BCUT2D eigenvalue weighted by atomic mass is 19.1. The van der Waals surface area contributed by atoms with Crippen molar-refractivity contribution in [2.45, 2.75) is 77.6 Å². The van der Waals surface area contributed by atoms with Crippen LogP contribution < -0.4 is 0 Å². The molecule has 30 heavy (non-hydrogen) atoms. The lowest BCUT2D eigenvalue weighted by atomic mass is 9.77. The molecule has 0 unspecified atom stereocenters. The lowest BCUT2D eigenvalue weighted by Gasteiger charge is -2.29. The monoisotopic (exact) mass is 408 g/mol. The third kappa shape index (κ3) is 5.20. The summed E-state index contributed by atoms with van der Waals surface area (Å²) in [4.78, 5) is 0. The Balaban J connectivity index is 1.36. The lowest BCUT2D eigenvalue weighted by molar-refractivity contribution is 0.249. The second kappa shape index (κ2) is 9.90. The number of benzene rings is 2. The van der Waals surface area contributed by atoms with Gasteiger partial charge < -0.3 is 0 Å². The fourth-order valence-corrected chi connectivity index (χ4v) is 5.31. The molecule has 1 saturated carbocycles. The van der Waals surface area contributed by atoms with Gasteiger partial charge in [0, 0.05) is 5.56 Å². The summed E-state index contributed by atoms with van der Waals surface area (Å²) in [6, 6.07) is 9.73. The molecule has 0 nitrogen and oxygen atoms in total. The molecule has 0 saturated heterocycles. The summed E-state index contributed by atoms with van der Waals surface area (Å²) in [6.07, 6.45) is 16.5. The van der Waals surface area contributed by atoms with E-state index in [9.17, 15) is 8.78 Å². The van der Waals surface area contributed by atoms with Crippen molar-refractivity contribution in [2.75, 3.05) is 0 Å². The van der Waals surface area contributed by atoms with Crippen LogP contribution in [0.4, 0.5) is 8.78 Å². The van der Waals surface area contributed by atoms with Gasteiger partial charge in [0.05, 0.1) is 0 Å². The molecule has 0 bridgehead atoms. The van der Waals surface area contributed by atoms with Crippen molar-refractivity contribution in [3.8, 4) is 11.1 Å². The molecule has 2 aliphatic carbocycles. The first-order valence-corrected chi connectivity index (χ1v) is 11.9. The Kier molecular flexibility index (Phi) is 7.02. The minimum absolute atomic E-state index is 0.219. The van der Waals surface area contributed by atoms with Crippen LogP contribution in [0.2, 0.25) is 0 Å². The number of fused-ring (bicyclic) bond motifs is 1. The molecule has 0 aromatic heterocycles. The molecule has 1 fully saturated rings. The first-order valence-electron chi connectivity index (χ1n) is 11.9. The van der Waals surface area contributed by atoms with Crippen LogP contribution >= 0.6 is 0 Å². The van der Waals surface area contributed by atoms with Crippen molar-refractivity contribution in [3.63, 3.8) is 0 Å². The van der Waals surface area contributed by atoms with Gasteiger partial charge in [-0.2, -0.15) is 0 Å². The van der Waals surface area contributed by atoms with Crippen molar-refractivity contribution in [2.24, 2.45) is 11.8 Å². The molecule has 0 aliphatic heterocycles. The molecular formula is C28H34F2. The van der Waals surface area contributed by atoms with E-state index in [1.165, 1.54) is 74.6 Å². The van der Waals surface area contributed by atoms with Crippen LogP contribution in [0.1, 0.15) is 82.3 Å². The van der Waals surface area contributed by atoms with Crippen LogP contribution in [0.3, 0.4) is 0 Å². The summed E-state index contributed by atoms with van der Waals surface area (Å²) >= 11 is 0. The van der Waals surface area contributed by atoms with E-state index < -0.39 is 0 Å². The van der Waals surface area contributed by atoms with Crippen LogP contribution in [0, 0.1) is 23.5 Å². The highest BCUT2D eigenvalue weighted by Crippen LogP contribution is 2.37. The zero-order valence-electron chi connectivity index (χ0n) is 18.2. The largest absolute Gasteiger partial charge is 0.207 e. The van der Waals surface area contributed by atoms with Gasteiger partial charge in [0.1, 0.15) is 11.6 Å². The summed E-state index contributed by atoms with van der Waals surface area (Å²) in [5.74, 6) is 1.34. The van der Waals surface area contributed by atoms with E-state index in [2.05, 4.69) is 13.0 Å². The molecule has 0 atom stereocenters. The van der Waals surface area contributed by atoms with Gasteiger partial charge in [-0.1, -0.05) is 75.7 Å². The summed E-state index contributed by atoms with van der Waals surface area (Å²) < 4.78 is 28.0. The van der Waals surface area contributed by atoms with E-state index in [-0.39, 0.29) is 11.6 Å². The van der Waals surface area contributed by atoms with Crippen molar-refractivity contribution in [1.82, 2.24) is 0 Å². The highest BCUT2D eigenvalue weighted by Gasteiger charge is 2.21. The Morgan fingerprint density at radius 2 is 1.57 bits per heavy atom. The van der Waals surface area contributed by atoms with Crippen molar-refractivity contribution < 1.29 is 8.78 Å². The number of aryl methyl sites for hydroxylation is 1. The Morgan fingerprint density at radius 1 is 0.867 bits per heavy atom. The second-order valence-electron chi connectivity index (χ2n) is 9.41. The first kappa shape index (κ1) is 21.3. The normalized spacial score (nSPS) is 21.2. The van der Waals surface area contributed by atoms with Gasteiger partial charge in [0.25, 0.3) is 0 Å². The second-order valence-corrected chi connectivity index (χ2v) is 9.41. The Morgan fingerprint density at radius 3 is 2.27 bits per heavy atom. The zero-order valence-corrected chi connectivity index (χ0v) is 18.2. The molecule has 0 heterocycles. The molecule has 4 rings (SSSR count). The maximum Gasteiger partial charge on any atom is 0.131 e. The van der Waals surface area contributed by atoms with E-state index >= 15 is 0 Å². The standard InChI is InChI=1S/C28H34F2/c1-2-3-4-20-5-7-21(8-6-20)9-10-22-11-12-24-18-27(28(30)19-25(24)17-22)23-13-15-26(29)16-14-23/h13-21H,2-12H2,1H3. The molecule has 2 aliphatic rings. The molecule has 0 N–H and O–H groups in total. The van der Waals surface area contributed by atoms with E-state index in [0.29, 0.717) is 5.56 Å². The molecule has 0 amide bonds. The number of halogens is 2. The maximum absolute atomic E-state index is 14.8. The number of hydrogen-bond acceptors (Lipinski definition) is 0. The Labute approximate surface area is 180 Å². The predicted octanol–water partition coefficient (Wildman–Crippen LogP) is 8.74. The summed E-state index contributed by atoms with van der Waals surface area (Å²) in [5, 5.41) is 0. The van der Waals surface area contributed by atoms with E-state index in [0.717, 1.165) is 42.2 Å². The average Bonchev–Trinajstić information content (AvgIpc) is 2.77. The van der Waals surface area contributed by atoms with Gasteiger partial charge in [0.15, 0.2) is 0 Å². The van der Waals surface area contributed by atoms with Crippen LogP contribution in [-0.2, 0) is 6.42 Å². The van der Waals surface area contributed by atoms with Crippen molar-refractivity contribution in [1.29, 1.82) is 0 Å². The molecule has 2 aromatic rings. The zero-order chi connectivity index (χ0) is 20.9. The maximum atomic E-state index is 14.8. The van der Waals surface area contributed by atoms with E-state index in [1.807, 2.05) is 6.07 Å². The van der Waals surface area contributed by atoms with Crippen LogP contribution in [0.25, 0.3) is 17.2 Å². The minimum atomic E-state index is -0.292. The topological polar surface area (TPSA) is 0 Å². The van der Waals surface area contributed by atoms with Gasteiger partial charge in [0.2, 0.25) is 0 Å². The fraction of sp³-hybridized carbons (Fsp3) is 0.500. The predicted molar refractivity (Wildman–Crippen MR) is 122 cm³/mol. The quantitative estimate of drug-likeness (QED) is 0.429. The summed E-state index contributed by atoms with van der Waals surface area (Å²) in [7, 11) is 0. The number of rotatable bonds is 7. The van der Waals surface area contributed by atoms with Gasteiger partial charge in [-0.05, 0) is 78.5 Å².